The predicted octanol–water partition coefficient (Wildman–Crippen LogP) is 4.15. The van der Waals surface area contributed by atoms with E-state index in [1.165, 1.54) is 36.4 Å². The van der Waals surface area contributed by atoms with E-state index >= 15 is 0 Å². The van der Waals surface area contributed by atoms with Crippen LogP contribution in [0.25, 0.3) is 0 Å². The molecular formula is C13H8Cl3NO4S. The standard InChI is InChI=1S/C13H8Cl3NO4S/c14-8-5-10(15)12(11(16)6-8)22(20,21)17-9-3-1-2-7(4-9)13(18)19/h1-6,17H,(H,18,19). The van der Waals surface area contributed by atoms with Crippen LogP contribution in [0, 0.1) is 0 Å². The fraction of sp³-hybridized carbons (Fsp3) is 0. The fourth-order valence-electron chi connectivity index (χ4n) is 1.71. The second kappa shape index (κ2) is 6.34. The van der Waals surface area contributed by atoms with Gasteiger partial charge in [0, 0.05) is 10.7 Å². The lowest BCUT2D eigenvalue weighted by Gasteiger charge is -2.11. The number of benzene rings is 2. The molecule has 22 heavy (non-hydrogen) atoms. The highest BCUT2D eigenvalue weighted by Gasteiger charge is 2.23. The van der Waals surface area contributed by atoms with Crippen molar-refractivity contribution >= 4 is 56.5 Å². The summed E-state index contributed by atoms with van der Waals surface area (Å²) in [5.41, 5.74) is 0.00971. The third kappa shape index (κ3) is 3.64. The van der Waals surface area contributed by atoms with Crippen LogP contribution in [0.1, 0.15) is 10.4 Å². The molecule has 0 aromatic heterocycles. The molecular weight excluding hydrogens is 373 g/mol. The minimum Gasteiger partial charge on any atom is -0.478 e. The van der Waals surface area contributed by atoms with Crippen molar-refractivity contribution in [2.24, 2.45) is 0 Å². The van der Waals surface area contributed by atoms with E-state index < -0.39 is 16.0 Å². The monoisotopic (exact) mass is 379 g/mol. The summed E-state index contributed by atoms with van der Waals surface area (Å²) in [5, 5.41) is 8.83. The van der Waals surface area contributed by atoms with Gasteiger partial charge in [0.1, 0.15) is 4.90 Å². The van der Waals surface area contributed by atoms with Crippen LogP contribution >= 0.6 is 34.8 Å². The SMILES string of the molecule is O=C(O)c1cccc(NS(=O)(=O)c2c(Cl)cc(Cl)cc2Cl)c1. The molecule has 0 bridgehead atoms. The number of anilines is 1. The summed E-state index contributed by atoms with van der Waals surface area (Å²) in [6, 6.07) is 7.82. The van der Waals surface area contributed by atoms with E-state index in [4.69, 9.17) is 39.9 Å². The Hall–Kier alpha value is -1.47. The first-order valence-corrected chi connectivity index (χ1v) is 8.33. The molecule has 2 aromatic rings. The zero-order valence-corrected chi connectivity index (χ0v) is 13.8. The zero-order chi connectivity index (χ0) is 16.5. The van der Waals surface area contributed by atoms with E-state index in [-0.39, 0.29) is 31.2 Å². The van der Waals surface area contributed by atoms with E-state index in [2.05, 4.69) is 4.72 Å². The van der Waals surface area contributed by atoms with Gasteiger partial charge in [-0.15, -0.1) is 0 Å². The average Bonchev–Trinajstić information content (AvgIpc) is 2.36. The van der Waals surface area contributed by atoms with E-state index in [1.807, 2.05) is 0 Å². The molecule has 0 unspecified atom stereocenters. The number of hydrogen-bond acceptors (Lipinski definition) is 3. The van der Waals surface area contributed by atoms with Gasteiger partial charge in [-0.3, -0.25) is 4.72 Å². The van der Waals surface area contributed by atoms with Crippen LogP contribution in [0.4, 0.5) is 5.69 Å². The van der Waals surface area contributed by atoms with Crippen LogP contribution in [0.15, 0.2) is 41.3 Å². The molecule has 0 aliphatic heterocycles. The van der Waals surface area contributed by atoms with Crippen molar-refractivity contribution in [3.63, 3.8) is 0 Å². The second-order valence-electron chi connectivity index (χ2n) is 4.19. The molecule has 2 aromatic carbocycles. The first-order chi connectivity index (χ1) is 10.2. The Bertz CT molecular complexity index is 829. The fourth-order valence-corrected chi connectivity index (χ4v) is 4.30. The van der Waals surface area contributed by atoms with E-state index in [1.54, 1.807) is 0 Å². The average molecular weight is 381 g/mol. The molecule has 116 valence electrons. The van der Waals surface area contributed by atoms with Gasteiger partial charge in [-0.2, -0.15) is 0 Å². The molecule has 0 aliphatic carbocycles. The van der Waals surface area contributed by atoms with Crippen LogP contribution in [0.3, 0.4) is 0 Å². The van der Waals surface area contributed by atoms with Crippen LogP contribution in [0.5, 0.6) is 0 Å². The number of aromatic carboxylic acids is 1. The van der Waals surface area contributed by atoms with Gasteiger partial charge >= 0.3 is 5.97 Å². The van der Waals surface area contributed by atoms with Crippen LogP contribution in [-0.2, 0) is 10.0 Å². The third-order valence-corrected chi connectivity index (χ3v) is 5.11. The Morgan fingerprint density at radius 1 is 1.05 bits per heavy atom. The van der Waals surface area contributed by atoms with Gasteiger partial charge < -0.3 is 5.11 Å². The molecule has 0 amide bonds. The lowest BCUT2D eigenvalue weighted by Crippen LogP contribution is -2.14. The molecule has 9 heteroatoms. The number of sulfonamides is 1. The first-order valence-electron chi connectivity index (χ1n) is 5.71. The second-order valence-corrected chi connectivity index (χ2v) is 7.06. The van der Waals surface area contributed by atoms with Crippen LogP contribution < -0.4 is 4.72 Å². The van der Waals surface area contributed by atoms with Crippen molar-refractivity contribution in [1.82, 2.24) is 0 Å². The summed E-state index contributed by atoms with van der Waals surface area (Å²) in [7, 11) is -4.10. The number of halogens is 3. The molecule has 2 rings (SSSR count). The molecule has 0 saturated heterocycles. The number of nitrogens with one attached hydrogen (secondary N) is 1. The highest BCUT2D eigenvalue weighted by Crippen LogP contribution is 2.33. The smallest absolute Gasteiger partial charge is 0.335 e. The van der Waals surface area contributed by atoms with E-state index in [0.29, 0.717) is 0 Å². The maximum Gasteiger partial charge on any atom is 0.335 e. The Morgan fingerprint density at radius 3 is 2.18 bits per heavy atom. The highest BCUT2D eigenvalue weighted by atomic mass is 35.5. The molecule has 0 aliphatic rings. The van der Waals surface area contributed by atoms with Crippen molar-refractivity contribution < 1.29 is 18.3 Å². The lowest BCUT2D eigenvalue weighted by atomic mass is 10.2. The minimum atomic E-state index is -4.10. The van der Waals surface area contributed by atoms with Gasteiger partial charge in [0.15, 0.2) is 0 Å². The van der Waals surface area contributed by atoms with E-state index in [0.717, 1.165) is 0 Å². The summed E-state index contributed by atoms with van der Waals surface area (Å²) in [6.07, 6.45) is 0. The maximum atomic E-state index is 12.4. The third-order valence-electron chi connectivity index (χ3n) is 2.59. The topological polar surface area (TPSA) is 83.5 Å². The largest absolute Gasteiger partial charge is 0.478 e. The quantitative estimate of drug-likeness (QED) is 0.835. The van der Waals surface area contributed by atoms with Crippen molar-refractivity contribution in [3.8, 4) is 0 Å². The molecule has 5 nitrogen and oxygen atoms in total. The normalized spacial score (nSPS) is 11.2. The molecule has 2 N–H and O–H groups in total. The molecule has 0 radical (unpaired) electrons. The summed E-state index contributed by atoms with van der Waals surface area (Å²) >= 11 is 17.5. The van der Waals surface area contributed by atoms with Crippen molar-refractivity contribution in [2.75, 3.05) is 4.72 Å². The number of carbonyl (C=O) groups is 1. The molecule has 0 atom stereocenters. The number of hydrogen-bond donors (Lipinski definition) is 2. The molecule has 0 fully saturated rings. The summed E-state index contributed by atoms with van der Waals surface area (Å²) < 4.78 is 27.0. The lowest BCUT2D eigenvalue weighted by molar-refractivity contribution is 0.0697. The summed E-state index contributed by atoms with van der Waals surface area (Å²) in [4.78, 5) is 10.6. The van der Waals surface area contributed by atoms with Crippen LogP contribution in [0.2, 0.25) is 15.1 Å². The number of carboxylic acid groups (broad SMARTS) is 1. The van der Waals surface area contributed by atoms with Gasteiger partial charge in [0.2, 0.25) is 0 Å². The summed E-state index contributed by atoms with van der Waals surface area (Å²) in [6.45, 7) is 0. The number of carboxylic acids is 1. The first kappa shape index (κ1) is 16.9. The van der Waals surface area contributed by atoms with Gasteiger partial charge in [0.05, 0.1) is 15.6 Å². The maximum absolute atomic E-state index is 12.4. The van der Waals surface area contributed by atoms with Crippen molar-refractivity contribution in [1.29, 1.82) is 0 Å². The Balaban J connectivity index is 2.45. The van der Waals surface area contributed by atoms with Crippen molar-refractivity contribution in [2.45, 2.75) is 4.90 Å². The molecule has 0 spiro atoms. The van der Waals surface area contributed by atoms with E-state index in [9.17, 15) is 13.2 Å². The zero-order valence-electron chi connectivity index (χ0n) is 10.7. The van der Waals surface area contributed by atoms with Gasteiger partial charge in [-0.1, -0.05) is 40.9 Å². The molecule has 0 saturated carbocycles. The predicted molar refractivity (Wildman–Crippen MR) is 85.7 cm³/mol. The Morgan fingerprint density at radius 2 is 1.64 bits per heavy atom. The Kier molecular flexibility index (Phi) is 4.87. The Labute approximate surface area is 141 Å². The summed E-state index contributed by atoms with van der Waals surface area (Å²) in [5.74, 6) is -1.18. The van der Waals surface area contributed by atoms with Gasteiger partial charge in [-0.05, 0) is 30.3 Å². The highest BCUT2D eigenvalue weighted by molar-refractivity contribution is 7.93. The number of rotatable bonds is 4. The van der Waals surface area contributed by atoms with Crippen LogP contribution in [-0.4, -0.2) is 19.5 Å². The molecule has 0 heterocycles. The van der Waals surface area contributed by atoms with Gasteiger partial charge in [0.25, 0.3) is 10.0 Å². The van der Waals surface area contributed by atoms with Crippen molar-refractivity contribution in [3.05, 3.63) is 57.0 Å². The van der Waals surface area contributed by atoms with Gasteiger partial charge in [-0.25, -0.2) is 13.2 Å². The minimum absolute atomic E-state index is 0.0616.